The minimum absolute atomic E-state index is 0.0225. The van der Waals surface area contributed by atoms with Gasteiger partial charge in [0.2, 0.25) is 0 Å². The van der Waals surface area contributed by atoms with Crippen LogP contribution < -0.4 is 25.5 Å². The number of nitrogens with zero attached hydrogens (tertiary/aromatic N) is 2. The molecule has 7 rings (SSSR count). The van der Waals surface area contributed by atoms with Gasteiger partial charge in [-0.1, -0.05) is 42.5 Å². The molecule has 10 nitrogen and oxygen atoms in total. The van der Waals surface area contributed by atoms with E-state index in [-0.39, 0.29) is 32.1 Å². The Hall–Kier alpha value is -6.16. The van der Waals surface area contributed by atoms with E-state index in [9.17, 15) is 9.59 Å². The molecule has 0 amide bonds. The maximum Gasteiger partial charge on any atom is 0.303 e. The average molecular weight is 669 g/mol. The first-order valence-corrected chi connectivity index (χ1v) is 16.7. The summed E-state index contributed by atoms with van der Waals surface area (Å²) in [7, 11) is 0. The van der Waals surface area contributed by atoms with Crippen LogP contribution in [0.15, 0.2) is 124 Å². The first-order chi connectivity index (χ1) is 24.4. The van der Waals surface area contributed by atoms with Crippen LogP contribution in [0.1, 0.15) is 43.2 Å². The zero-order valence-electron chi connectivity index (χ0n) is 27.3. The van der Waals surface area contributed by atoms with Gasteiger partial charge in [0.05, 0.1) is 42.1 Å². The molecule has 8 bridgehead atoms. The normalized spacial score (nSPS) is 21.7. The number of rotatable bonds is 12. The third-order valence-electron chi connectivity index (χ3n) is 8.57. The Morgan fingerprint density at radius 3 is 2.16 bits per heavy atom. The molecule has 0 saturated carbocycles. The highest BCUT2D eigenvalue weighted by Crippen LogP contribution is 2.37. The summed E-state index contributed by atoms with van der Waals surface area (Å²) in [5.41, 5.74) is 7.58. The standard InChI is InChI=1S/C40H36N4O6/c45-37(46)11-5-21-49-35-9-3-1-7-29(35)39-31-17-13-25(41-31)23-27-15-19-33(43-27)40(30-8-2-4-10-36(30)50-22-6-12-38(47)48)34-20-16-28(44-34)24-26-14-18-32(39)42-26/h1-4,7-10,13-15,17-20,23-24,28,41,44H,5-6,11-12,16,21-22H2,(H,45,46)(H,47,48)/b25-23-,26-24-,39-31-,40-33-. The van der Waals surface area contributed by atoms with E-state index in [1.54, 1.807) is 0 Å². The topological polar surface area (TPSA) is 146 Å². The Balaban J connectivity index is 1.32. The zero-order chi connectivity index (χ0) is 34.5. The second kappa shape index (κ2) is 14.5. The fourth-order valence-corrected chi connectivity index (χ4v) is 6.31. The molecule has 2 aromatic carbocycles. The van der Waals surface area contributed by atoms with Crippen molar-refractivity contribution in [1.82, 2.24) is 10.3 Å². The van der Waals surface area contributed by atoms with Gasteiger partial charge in [-0.25, -0.2) is 9.98 Å². The van der Waals surface area contributed by atoms with Crippen LogP contribution in [0, 0.1) is 0 Å². The molecule has 4 N–H and O–H groups in total. The maximum atomic E-state index is 11.1. The van der Waals surface area contributed by atoms with Crippen molar-refractivity contribution in [3.63, 3.8) is 0 Å². The van der Waals surface area contributed by atoms with Crippen molar-refractivity contribution < 1.29 is 29.3 Å². The number of aromatic amines is 1. The molecule has 3 aromatic rings. The van der Waals surface area contributed by atoms with Crippen molar-refractivity contribution in [2.75, 3.05) is 13.2 Å². The third-order valence-corrected chi connectivity index (χ3v) is 8.57. The summed E-state index contributed by atoms with van der Waals surface area (Å²) in [6.45, 7) is 0.565. The molecule has 4 aliphatic rings. The van der Waals surface area contributed by atoms with E-state index in [0.29, 0.717) is 24.3 Å². The predicted molar refractivity (Wildman–Crippen MR) is 192 cm³/mol. The van der Waals surface area contributed by atoms with Gasteiger partial charge in [-0.05, 0) is 80.0 Å². The number of aliphatic imine (C=N–C) groups is 2. The van der Waals surface area contributed by atoms with Gasteiger partial charge in [-0.3, -0.25) is 9.59 Å². The highest BCUT2D eigenvalue weighted by molar-refractivity contribution is 6.30. The van der Waals surface area contributed by atoms with Crippen LogP contribution in [0.25, 0.3) is 17.2 Å². The van der Waals surface area contributed by atoms with Crippen molar-refractivity contribution in [3.05, 3.63) is 136 Å². The molecule has 0 fully saturated rings. The van der Waals surface area contributed by atoms with E-state index < -0.39 is 11.9 Å². The van der Waals surface area contributed by atoms with Gasteiger partial charge in [0, 0.05) is 51.5 Å². The Bertz CT molecular complexity index is 2200. The van der Waals surface area contributed by atoms with Crippen molar-refractivity contribution in [2.24, 2.45) is 9.98 Å². The fourth-order valence-electron chi connectivity index (χ4n) is 6.31. The SMILES string of the molecule is O=C(O)CCCOc1ccccc1/C1=C2\C=CC(=N2)/C=c2/cc/c([nH]2)=C(\c2ccccc2OCCCC(=O)O)C2=N/C(=C\C3CC=C1N3)C=C2. The molecule has 0 saturated heterocycles. The Morgan fingerprint density at radius 2 is 1.46 bits per heavy atom. The van der Waals surface area contributed by atoms with Crippen LogP contribution >= 0.6 is 0 Å². The van der Waals surface area contributed by atoms with Gasteiger partial charge in [0.25, 0.3) is 0 Å². The molecule has 1 aromatic heterocycles. The van der Waals surface area contributed by atoms with E-state index in [2.05, 4.69) is 22.5 Å². The summed E-state index contributed by atoms with van der Waals surface area (Å²) in [5.74, 6) is -0.382. The number of hydrogen-bond acceptors (Lipinski definition) is 7. The van der Waals surface area contributed by atoms with Gasteiger partial charge in [0.1, 0.15) is 11.5 Å². The fraction of sp³-hybridized carbons (Fsp3) is 0.200. The van der Waals surface area contributed by atoms with Crippen molar-refractivity contribution in [2.45, 2.75) is 38.1 Å². The highest BCUT2D eigenvalue weighted by Gasteiger charge is 2.25. The van der Waals surface area contributed by atoms with Gasteiger partial charge >= 0.3 is 11.9 Å². The smallest absolute Gasteiger partial charge is 0.303 e. The van der Waals surface area contributed by atoms with Gasteiger partial charge in [0.15, 0.2) is 0 Å². The second-order valence-electron chi connectivity index (χ2n) is 12.2. The van der Waals surface area contributed by atoms with Crippen LogP contribution in [-0.2, 0) is 9.59 Å². The van der Waals surface area contributed by atoms with E-state index in [0.717, 1.165) is 67.9 Å². The molecule has 10 heteroatoms. The molecule has 0 spiro atoms. The predicted octanol–water partition coefficient (Wildman–Crippen LogP) is 5.06. The number of allylic oxidation sites excluding steroid dienone is 5. The Morgan fingerprint density at radius 1 is 0.780 bits per heavy atom. The largest absolute Gasteiger partial charge is 0.493 e. The van der Waals surface area contributed by atoms with E-state index in [1.807, 2.05) is 91.0 Å². The second-order valence-corrected chi connectivity index (χ2v) is 12.2. The summed E-state index contributed by atoms with van der Waals surface area (Å²) in [6, 6.07) is 19.5. The van der Waals surface area contributed by atoms with Crippen LogP contribution in [0.4, 0.5) is 0 Å². The van der Waals surface area contributed by atoms with Crippen molar-refractivity contribution in [3.8, 4) is 11.5 Å². The monoisotopic (exact) mass is 668 g/mol. The molecule has 1 atom stereocenters. The number of aliphatic carboxylic acids is 2. The number of para-hydroxylation sites is 2. The lowest BCUT2D eigenvalue weighted by atomic mass is 9.99. The maximum absolute atomic E-state index is 11.1. The van der Waals surface area contributed by atoms with Crippen molar-refractivity contribution >= 4 is 40.6 Å². The summed E-state index contributed by atoms with van der Waals surface area (Å²) in [5, 5.41) is 23.6. The molecule has 5 heterocycles. The molecule has 0 radical (unpaired) electrons. The lowest BCUT2D eigenvalue weighted by Gasteiger charge is -2.18. The molecular weight excluding hydrogens is 632 g/mol. The number of hydrogen-bond donors (Lipinski definition) is 4. The molecule has 4 aliphatic heterocycles. The number of ether oxygens (including phenoxy) is 2. The highest BCUT2D eigenvalue weighted by atomic mass is 16.5. The average Bonchev–Trinajstić information content (AvgIpc) is 3.93. The Labute approximate surface area is 288 Å². The molecular formula is C40H36N4O6. The van der Waals surface area contributed by atoms with E-state index in [1.165, 1.54) is 0 Å². The summed E-state index contributed by atoms with van der Waals surface area (Å²) in [4.78, 5) is 35.8. The summed E-state index contributed by atoms with van der Waals surface area (Å²) >= 11 is 0. The van der Waals surface area contributed by atoms with Crippen molar-refractivity contribution in [1.29, 1.82) is 0 Å². The number of carboxylic acids is 2. The summed E-state index contributed by atoms with van der Waals surface area (Å²) < 4.78 is 12.3. The summed E-state index contributed by atoms with van der Waals surface area (Å²) in [6.07, 6.45) is 15.9. The minimum Gasteiger partial charge on any atom is -0.493 e. The molecule has 1 unspecified atom stereocenters. The first-order valence-electron chi connectivity index (χ1n) is 16.7. The zero-order valence-corrected chi connectivity index (χ0v) is 27.3. The lowest BCUT2D eigenvalue weighted by molar-refractivity contribution is -0.138. The molecule has 252 valence electrons. The number of benzene rings is 2. The number of carboxylic acid groups (broad SMARTS) is 2. The molecule has 0 aliphatic carbocycles. The number of H-pyrrole nitrogens is 1. The lowest BCUT2D eigenvalue weighted by Crippen LogP contribution is -2.21. The minimum atomic E-state index is -0.850. The van der Waals surface area contributed by atoms with Gasteiger partial charge in [-0.2, -0.15) is 0 Å². The Kier molecular flexibility index (Phi) is 9.41. The number of aromatic nitrogens is 1. The van der Waals surface area contributed by atoms with Crippen LogP contribution in [0.5, 0.6) is 11.5 Å². The number of nitrogens with one attached hydrogen (secondary N) is 2. The number of carbonyl (C=O) groups is 2. The van der Waals surface area contributed by atoms with E-state index >= 15 is 0 Å². The van der Waals surface area contributed by atoms with Crippen LogP contribution in [0.3, 0.4) is 0 Å². The number of fused-ring (bicyclic) bond motifs is 6. The molecule has 50 heavy (non-hydrogen) atoms. The quantitative estimate of drug-likeness (QED) is 0.198. The van der Waals surface area contributed by atoms with E-state index in [4.69, 9.17) is 29.7 Å². The first kappa shape index (κ1) is 32.4. The third kappa shape index (κ3) is 7.29. The van der Waals surface area contributed by atoms with Crippen LogP contribution in [-0.4, -0.2) is 57.8 Å². The van der Waals surface area contributed by atoms with Crippen LogP contribution in [0.2, 0.25) is 0 Å². The van der Waals surface area contributed by atoms with Gasteiger partial charge < -0.3 is 30.0 Å². The van der Waals surface area contributed by atoms with Gasteiger partial charge in [-0.15, -0.1) is 0 Å².